The van der Waals surface area contributed by atoms with Crippen LogP contribution in [-0.4, -0.2) is 21.8 Å². The molecule has 1 aromatic heterocycles. The minimum Gasteiger partial charge on any atom is -0.506 e. The topological polar surface area (TPSA) is 122 Å². The highest BCUT2D eigenvalue weighted by molar-refractivity contribution is 7.12. The lowest BCUT2D eigenvalue weighted by molar-refractivity contribution is -0.384. The van der Waals surface area contributed by atoms with Crippen molar-refractivity contribution in [3.63, 3.8) is 0 Å². The standard InChI is InChI=1S/C18H12ClN3O5S/c19-12-5-3-10(8-13(12)20-18(25)16-2-1-7-28-16)17(24)21-14-9-11(22(26)27)4-6-15(14)23/h1-9,23H,(H,20,25)(H,21,24). The van der Waals surface area contributed by atoms with E-state index in [-0.39, 0.29) is 39.3 Å². The molecule has 2 amide bonds. The number of nitro benzene ring substituents is 1. The average Bonchev–Trinajstić information content (AvgIpc) is 3.20. The Hall–Kier alpha value is -3.43. The fraction of sp³-hybridized carbons (Fsp3) is 0. The van der Waals surface area contributed by atoms with Gasteiger partial charge in [0.2, 0.25) is 0 Å². The second-order valence-corrected chi connectivity index (χ2v) is 6.89. The van der Waals surface area contributed by atoms with Gasteiger partial charge in [0.1, 0.15) is 5.75 Å². The number of amides is 2. The summed E-state index contributed by atoms with van der Waals surface area (Å²) in [5, 5.41) is 27.7. The third-order valence-corrected chi connectivity index (χ3v) is 4.86. The molecular weight excluding hydrogens is 406 g/mol. The maximum absolute atomic E-state index is 12.5. The molecule has 0 aliphatic heterocycles. The van der Waals surface area contributed by atoms with Crippen molar-refractivity contribution < 1.29 is 19.6 Å². The van der Waals surface area contributed by atoms with Gasteiger partial charge in [-0.25, -0.2) is 0 Å². The van der Waals surface area contributed by atoms with Crippen LogP contribution in [0.2, 0.25) is 5.02 Å². The maximum Gasteiger partial charge on any atom is 0.271 e. The Labute approximate surface area is 167 Å². The molecule has 0 radical (unpaired) electrons. The monoisotopic (exact) mass is 417 g/mol. The third-order valence-electron chi connectivity index (χ3n) is 3.66. The lowest BCUT2D eigenvalue weighted by atomic mass is 10.1. The van der Waals surface area contributed by atoms with E-state index < -0.39 is 10.8 Å². The molecule has 0 fully saturated rings. The molecule has 1 heterocycles. The quantitative estimate of drug-likeness (QED) is 0.320. The van der Waals surface area contributed by atoms with Gasteiger partial charge < -0.3 is 15.7 Å². The summed E-state index contributed by atoms with van der Waals surface area (Å²) >= 11 is 7.35. The third kappa shape index (κ3) is 4.27. The number of benzene rings is 2. The second kappa shape index (κ2) is 8.07. The molecular formula is C18H12ClN3O5S. The number of halogens is 1. The minimum absolute atomic E-state index is 0.113. The summed E-state index contributed by atoms with van der Waals surface area (Å²) < 4.78 is 0. The Balaban J connectivity index is 1.82. The molecule has 0 atom stereocenters. The van der Waals surface area contributed by atoms with Crippen molar-refractivity contribution in [1.82, 2.24) is 0 Å². The number of phenols is 1. The normalized spacial score (nSPS) is 10.3. The molecule has 0 aliphatic rings. The summed E-state index contributed by atoms with van der Waals surface area (Å²) in [7, 11) is 0. The van der Waals surface area contributed by atoms with E-state index in [1.165, 1.54) is 29.5 Å². The Morgan fingerprint density at radius 1 is 1.04 bits per heavy atom. The summed E-state index contributed by atoms with van der Waals surface area (Å²) in [6.07, 6.45) is 0. The average molecular weight is 418 g/mol. The Bertz CT molecular complexity index is 1070. The van der Waals surface area contributed by atoms with E-state index >= 15 is 0 Å². The summed E-state index contributed by atoms with van der Waals surface area (Å²) in [5.41, 5.74) is -0.0285. The van der Waals surface area contributed by atoms with Crippen molar-refractivity contribution in [3.05, 3.63) is 79.5 Å². The number of aromatic hydroxyl groups is 1. The number of rotatable bonds is 5. The molecule has 3 aromatic rings. The highest BCUT2D eigenvalue weighted by atomic mass is 35.5. The largest absolute Gasteiger partial charge is 0.506 e. The van der Waals surface area contributed by atoms with Crippen LogP contribution >= 0.6 is 22.9 Å². The molecule has 28 heavy (non-hydrogen) atoms. The number of phenolic OH excluding ortho intramolecular Hbond substituents is 1. The van der Waals surface area contributed by atoms with Gasteiger partial charge >= 0.3 is 0 Å². The number of thiophene rings is 1. The van der Waals surface area contributed by atoms with E-state index in [1.54, 1.807) is 17.5 Å². The van der Waals surface area contributed by atoms with Crippen molar-refractivity contribution in [3.8, 4) is 5.75 Å². The first-order valence-electron chi connectivity index (χ1n) is 7.78. The highest BCUT2D eigenvalue weighted by Gasteiger charge is 2.16. The van der Waals surface area contributed by atoms with Gasteiger partial charge in [0.05, 0.1) is 26.2 Å². The molecule has 0 aliphatic carbocycles. The number of hydrogen-bond donors (Lipinski definition) is 3. The van der Waals surface area contributed by atoms with Crippen molar-refractivity contribution >= 4 is 51.8 Å². The van der Waals surface area contributed by atoms with Gasteiger partial charge in [0, 0.05) is 17.7 Å². The number of anilines is 2. The van der Waals surface area contributed by atoms with E-state index in [1.807, 2.05) is 0 Å². The van der Waals surface area contributed by atoms with Gasteiger partial charge in [-0.2, -0.15) is 0 Å². The number of carbonyl (C=O) groups is 2. The molecule has 0 bridgehead atoms. The van der Waals surface area contributed by atoms with Crippen molar-refractivity contribution in [2.24, 2.45) is 0 Å². The van der Waals surface area contributed by atoms with Crippen LogP contribution in [0.5, 0.6) is 5.75 Å². The summed E-state index contributed by atoms with van der Waals surface area (Å²) in [6, 6.07) is 10.9. The van der Waals surface area contributed by atoms with Crippen LogP contribution < -0.4 is 10.6 Å². The number of nitrogens with one attached hydrogen (secondary N) is 2. The first-order valence-corrected chi connectivity index (χ1v) is 9.04. The Morgan fingerprint density at radius 3 is 2.46 bits per heavy atom. The molecule has 8 nitrogen and oxygen atoms in total. The van der Waals surface area contributed by atoms with E-state index in [2.05, 4.69) is 10.6 Å². The van der Waals surface area contributed by atoms with Crippen molar-refractivity contribution in [2.75, 3.05) is 10.6 Å². The lowest BCUT2D eigenvalue weighted by Gasteiger charge is -2.10. The van der Waals surface area contributed by atoms with Gasteiger partial charge in [0.15, 0.2) is 0 Å². The number of nitro groups is 1. The highest BCUT2D eigenvalue weighted by Crippen LogP contribution is 2.29. The molecule has 3 N–H and O–H groups in total. The smallest absolute Gasteiger partial charge is 0.271 e. The van der Waals surface area contributed by atoms with Crippen LogP contribution in [0.3, 0.4) is 0 Å². The van der Waals surface area contributed by atoms with Gasteiger partial charge in [-0.3, -0.25) is 19.7 Å². The fourth-order valence-corrected chi connectivity index (χ4v) is 3.07. The van der Waals surface area contributed by atoms with Crippen molar-refractivity contribution in [1.29, 1.82) is 0 Å². The van der Waals surface area contributed by atoms with E-state index in [0.717, 1.165) is 18.2 Å². The van der Waals surface area contributed by atoms with Crippen LogP contribution in [0, 0.1) is 10.1 Å². The van der Waals surface area contributed by atoms with Gasteiger partial charge in [0.25, 0.3) is 17.5 Å². The number of hydrogen-bond acceptors (Lipinski definition) is 6. The second-order valence-electron chi connectivity index (χ2n) is 5.54. The van der Waals surface area contributed by atoms with E-state index in [0.29, 0.717) is 4.88 Å². The van der Waals surface area contributed by atoms with Gasteiger partial charge in [-0.05, 0) is 35.7 Å². The zero-order valence-electron chi connectivity index (χ0n) is 14.0. The molecule has 2 aromatic carbocycles. The van der Waals surface area contributed by atoms with E-state index in [9.17, 15) is 24.8 Å². The minimum atomic E-state index is -0.643. The fourth-order valence-electron chi connectivity index (χ4n) is 2.29. The maximum atomic E-state index is 12.5. The predicted molar refractivity (Wildman–Crippen MR) is 106 cm³/mol. The van der Waals surface area contributed by atoms with Crippen LogP contribution in [0.15, 0.2) is 53.9 Å². The summed E-state index contributed by atoms with van der Waals surface area (Å²) in [4.78, 5) is 35.4. The van der Waals surface area contributed by atoms with Crippen LogP contribution in [0.25, 0.3) is 0 Å². The summed E-state index contributed by atoms with van der Waals surface area (Å²) in [5.74, 6) is -1.33. The van der Waals surface area contributed by atoms with Crippen LogP contribution in [-0.2, 0) is 0 Å². The van der Waals surface area contributed by atoms with Gasteiger partial charge in [-0.1, -0.05) is 17.7 Å². The number of non-ortho nitro benzene ring substituents is 1. The van der Waals surface area contributed by atoms with Crippen molar-refractivity contribution in [2.45, 2.75) is 0 Å². The number of carbonyl (C=O) groups excluding carboxylic acids is 2. The van der Waals surface area contributed by atoms with Crippen LogP contribution in [0.1, 0.15) is 20.0 Å². The van der Waals surface area contributed by atoms with Crippen LogP contribution in [0.4, 0.5) is 17.1 Å². The van der Waals surface area contributed by atoms with Gasteiger partial charge in [-0.15, -0.1) is 11.3 Å². The SMILES string of the molecule is O=C(Nc1cc([N+](=O)[O-])ccc1O)c1ccc(Cl)c(NC(=O)c2cccs2)c1. The number of nitrogens with zero attached hydrogens (tertiary/aromatic N) is 1. The lowest BCUT2D eigenvalue weighted by Crippen LogP contribution is -2.14. The molecule has 0 saturated heterocycles. The zero-order chi connectivity index (χ0) is 20.3. The predicted octanol–water partition coefficient (Wildman–Crippen LogP) is 4.52. The first kappa shape index (κ1) is 19.3. The molecule has 0 spiro atoms. The molecule has 0 unspecified atom stereocenters. The Kier molecular flexibility index (Phi) is 5.57. The molecule has 10 heteroatoms. The molecule has 3 rings (SSSR count). The Morgan fingerprint density at radius 2 is 1.79 bits per heavy atom. The molecule has 0 saturated carbocycles. The molecule has 142 valence electrons. The van der Waals surface area contributed by atoms with E-state index in [4.69, 9.17) is 11.6 Å². The zero-order valence-corrected chi connectivity index (χ0v) is 15.6. The first-order chi connectivity index (χ1) is 13.3. The summed E-state index contributed by atoms with van der Waals surface area (Å²) in [6.45, 7) is 0.